The summed E-state index contributed by atoms with van der Waals surface area (Å²) in [5, 5.41) is 14.1. The molecule has 6 nitrogen and oxygen atoms in total. The molecule has 0 heterocycles. The zero-order chi connectivity index (χ0) is 12.6. The molecule has 0 aliphatic rings. The van der Waals surface area contributed by atoms with E-state index in [4.69, 9.17) is 15.7 Å². The molecule has 16 heavy (non-hydrogen) atoms. The van der Waals surface area contributed by atoms with Crippen LogP contribution in [-0.2, 0) is 9.53 Å². The first kappa shape index (κ1) is 14.7. The highest BCUT2D eigenvalue weighted by molar-refractivity contribution is 5.90. The van der Waals surface area contributed by atoms with Gasteiger partial charge in [0.25, 0.3) is 0 Å². The van der Waals surface area contributed by atoms with E-state index in [2.05, 4.69) is 10.5 Å². The van der Waals surface area contributed by atoms with Crippen LogP contribution in [0.1, 0.15) is 33.6 Å². The summed E-state index contributed by atoms with van der Waals surface area (Å²) < 4.78 is 5.14. The average molecular weight is 231 g/mol. The molecule has 1 atom stereocenters. The van der Waals surface area contributed by atoms with Crippen LogP contribution < -0.4 is 11.1 Å². The van der Waals surface area contributed by atoms with Crippen molar-refractivity contribution in [1.29, 1.82) is 0 Å². The Kier molecular flexibility index (Phi) is 7.28. The molecule has 0 aliphatic carbocycles. The molecule has 0 aromatic rings. The molecule has 0 rings (SSSR count). The number of ether oxygens (including phenoxy) is 1. The summed E-state index contributed by atoms with van der Waals surface area (Å²) in [6.07, 6.45) is 1.45. The van der Waals surface area contributed by atoms with Crippen LogP contribution in [0.15, 0.2) is 5.16 Å². The van der Waals surface area contributed by atoms with Crippen LogP contribution in [0.5, 0.6) is 0 Å². The number of nitrogens with two attached hydrogens (primary N) is 1. The monoisotopic (exact) mass is 231 g/mol. The SMILES string of the molecule is CCCC(NC(=O)COC(C)C)C(N)=NO. The summed E-state index contributed by atoms with van der Waals surface area (Å²) in [5.74, 6) is -0.251. The van der Waals surface area contributed by atoms with Gasteiger partial charge in [-0.3, -0.25) is 4.79 Å². The number of amides is 1. The maximum Gasteiger partial charge on any atom is 0.246 e. The smallest absolute Gasteiger partial charge is 0.246 e. The number of hydrogen-bond acceptors (Lipinski definition) is 4. The minimum Gasteiger partial charge on any atom is -0.409 e. The molecule has 0 aliphatic heterocycles. The minimum atomic E-state index is -0.432. The normalized spacial score (nSPS) is 13.9. The van der Waals surface area contributed by atoms with E-state index in [1.54, 1.807) is 0 Å². The fraction of sp³-hybridized carbons (Fsp3) is 0.800. The molecule has 0 saturated heterocycles. The molecule has 0 spiro atoms. The quantitative estimate of drug-likeness (QED) is 0.256. The Morgan fingerprint density at radius 2 is 2.19 bits per heavy atom. The maximum absolute atomic E-state index is 11.4. The largest absolute Gasteiger partial charge is 0.409 e. The van der Waals surface area contributed by atoms with E-state index < -0.39 is 6.04 Å². The van der Waals surface area contributed by atoms with Gasteiger partial charge in [-0.05, 0) is 20.3 Å². The number of nitrogens with zero attached hydrogens (tertiary/aromatic N) is 1. The Hall–Kier alpha value is -1.30. The number of carbonyl (C=O) groups is 1. The molecule has 6 heteroatoms. The van der Waals surface area contributed by atoms with Gasteiger partial charge in [-0.2, -0.15) is 0 Å². The standard InChI is InChI=1S/C10H21N3O3/c1-4-5-8(10(11)13-15)12-9(14)6-16-7(2)3/h7-8,15H,4-6H2,1-3H3,(H2,11,13)(H,12,14). The second-order valence-corrected chi connectivity index (χ2v) is 3.79. The van der Waals surface area contributed by atoms with Crippen molar-refractivity contribution >= 4 is 11.7 Å². The Morgan fingerprint density at radius 1 is 1.56 bits per heavy atom. The van der Waals surface area contributed by atoms with Crippen molar-refractivity contribution in [2.45, 2.75) is 45.8 Å². The highest BCUT2D eigenvalue weighted by atomic mass is 16.5. The lowest BCUT2D eigenvalue weighted by atomic mass is 10.1. The lowest BCUT2D eigenvalue weighted by molar-refractivity contribution is -0.127. The van der Waals surface area contributed by atoms with Crippen LogP contribution >= 0.6 is 0 Å². The zero-order valence-electron chi connectivity index (χ0n) is 10.1. The van der Waals surface area contributed by atoms with Gasteiger partial charge in [0.2, 0.25) is 5.91 Å². The van der Waals surface area contributed by atoms with Crippen molar-refractivity contribution in [1.82, 2.24) is 5.32 Å². The predicted octanol–water partition coefficient (Wildman–Crippen LogP) is 0.443. The van der Waals surface area contributed by atoms with Gasteiger partial charge in [-0.15, -0.1) is 0 Å². The Bertz CT molecular complexity index is 241. The molecule has 4 N–H and O–H groups in total. The third-order valence-corrected chi connectivity index (χ3v) is 1.93. The van der Waals surface area contributed by atoms with Crippen molar-refractivity contribution in [2.75, 3.05) is 6.61 Å². The minimum absolute atomic E-state index is 0.000712. The number of rotatable bonds is 7. The zero-order valence-corrected chi connectivity index (χ0v) is 10.1. The van der Waals surface area contributed by atoms with Crippen LogP contribution in [0.2, 0.25) is 0 Å². The number of carbonyl (C=O) groups excluding carboxylic acids is 1. The van der Waals surface area contributed by atoms with Crippen LogP contribution in [0.3, 0.4) is 0 Å². The highest BCUT2D eigenvalue weighted by Crippen LogP contribution is 1.97. The molecule has 0 bridgehead atoms. The summed E-state index contributed by atoms with van der Waals surface area (Å²) in [7, 11) is 0. The van der Waals surface area contributed by atoms with E-state index in [0.29, 0.717) is 6.42 Å². The Labute approximate surface area is 95.8 Å². The number of nitrogens with one attached hydrogen (secondary N) is 1. The van der Waals surface area contributed by atoms with Crippen molar-refractivity contribution in [2.24, 2.45) is 10.9 Å². The fourth-order valence-electron chi connectivity index (χ4n) is 1.13. The summed E-state index contributed by atoms with van der Waals surface area (Å²) in [4.78, 5) is 11.4. The van der Waals surface area contributed by atoms with E-state index in [0.717, 1.165) is 6.42 Å². The summed E-state index contributed by atoms with van der Waals surface area (Å²) in [6, 6.07) is -0.432. The summed E-state index contributed by atoms with van der Waals surface area (Å²) >= 11 is 0. The fourth-order valence-corrected chi connectivity index (χ4v) is 1.13. The lowest BCUT2D eigenvalue weighted by Gasteiger charge is -2.17. The Balaban J connectivity index is 4.13. The Morgan fingerprint density at radius 3 is 2.62 bits per heavy atom. The topological polar surface area (TPSA) is 96.9 Å². The summed E-state index contributed by atoms with van der Waals surface area (Å²) in [5.41, 5.74) is 5.45. The first-order valence-electron chi connectivity index (χ1n) is 5.39. The van der Waals surface area contributed by atoms with Crippen molar-refractivity contribution in [3.63, 3.8) is 0 Å². The van der Waals surface area contributed by atoms with Gasteiger partial charge in [-0.1, -0.05) is 18.5 Å². The van der Waals surface area contributed by atoms with E-state index >= 15 is 0 Å². The molecular weight excluding hydrogens is 210 g/mol. The molecule has 0 saturated carbocycles. The summed E-state index contributed by atoms with van der Waals surface area (Å²) in [6.45, 7) is 5.63. The second kappa shape index (κ2) is 7.92. The van der Waals surface area contributed by atoms with E-state index in [1.807, 2.05) is 20.8 Å². The van der Waals surface area contributed by atoms with Crippen LogP contribution in [0.25, 0.3) is 0 Å². The van der Waals surface area contributed by atoms with Crippen molar-refractivity contribution < 1.29 is 14.7 Å². The highest BCUT2D eigenvalue weighted by Gasteiger charge is 2.16. The molecule has 0 aromatic heterocycles. The molecule has 1 amide bonds. The van der Waals surface area contributed by atoms with Gasteiger partial charge >= 0.3 is 0 Å². The van der Waals surface area contributed by atoms with Crippen LogP contribution in [0.4, 0.5) is 0 Å². The number of oxime groups is 1. The molecule has 0 radical (unpaired) electrons. The van der Waals surface area contributed by atoms with Gasteiger partial charge in [0.15, 0.2) is 5.84 Å². The molecular formula is C10H21N3O3. The molecule has 0 aromatic carbocycles. The van der Waals surface area contributed by atoms with Crippen LogP contribution in [-0.4, -0.2) is 35.7 Å². The number of amidine groups is 1. The van der Waals surface area contributed by atoms with Gasteiger partial charge in [0, 0.05) is 0 Å². The maximum atomic E-state index is 11.4. The number of hydrogen-bond donors (Lipinski definition) is 3. The molecule has 1 unspecified atom stereocenters. The van der Waals surface area contributed by atoms with E-state index in [9.17, 15) is 4.79 Å². The van der Waals surface area contributed by atoms with Gasteiger partial charge < -0.3 is 21.0 Å². The average Bonchev–Trinajstić information content (AvgIpc) is 2.24. The van der Waals surface area contributed by atoms with Crippen molar-refractivity contribution in [3.8, 4) is 0 Å². The predicted molar refractivity (Wildman–Crippen MR) is 61.3 cm³/mol. The van der Waals surface area contributed by atoms with Crippen LogP contribution in [0, 0.1) is 0 Å². The molecule has 94 valence electrons. The first-order chi connectivity index (χ1) is 7.51. The van der Waals surface area contributed by atoms with Gasteiger partial charge in [0.1, 0.15) is 6.61 Å². The van der Waals surface area contributed by atoms with E-state index in [-0.39, 0.29) is 24.5 Å². The lowest BCUT2D eigenvalue weighted by Crippen LogP contribution is -2.46. The molecule has 0 fully saturated rings. The van der Waals surface area contributed by atoms with Gasteiger partial charge in [-0.25, -0.2) is 0 Å². The first-order valence-corrected chi connectivity index (χ1v) is 5.39. The van der Waals surface area contributed by atoms with Gasteiger partial charge in [0.05, 0.1) is 12.1 Å². The van der Waals surface area contributed by atoms with Crippen molar-refractivity contribution in [3.05, 3.63) is 0 Å². The van der Waals surface area contributed by atoms with E-state index in [1.165, 1.54) is 0 Å². The third-order valence-electron chi connectivity index (χ3n) is 1.93. The second-order valence-electron chi connectivity index (χ2n) is 3.79. The third kappa shape index (κ3) is 6.23.